The number of alkyl halides is 1. The molecule has 38 heavy (non-hydrogen) atoms. The topological polar surface area (TPSA) is 43.9 Å². The summed E-state index contributed by atoms with van der Waals surface area (Å²) in [7, 11) is -3.63. The quantitative estimate of drug-likeness (QED) is 0.0842. The highest BCUT2D eigenvalue weighted by atomic mass is 127. The van der Waals surface area contributed by atoms with Gasteiger partial charge in [-0.3, -0.25) is 0 Å². The van der Waals surface area contributed by atoms with E-state index < -0.39 is 16.6 Å². The van der Waals surface area contributed by atoms with Gasteiger partial charge in [-0.15, -0.1) is 11.3 Å². The predicted molar refractivity (Wildman–Crippen MR) is 180 cm³/mol. The van der Waals surface area contributed by atoms with E-state index >= 15 is 0 Å². The van der Waals surface area contributed by atoms with Crippen molar-refractivity contribution in [2.75, 3.05) is 11.0 Å². The van der Waals surface area contributed by atoms with Gasteiger partial charge in [-0.05, 0) is 80.5 Å². The minimum Gasteiger partial charge on any atom is -0.417 e. The molecule has 4 atom stereocenters. The first-order valence-electron chi connectivity index (χ1n) is 14.4. The Balaban J connectivity index is 2.02. The molecule has 1 aromatic heterocycles. The van der Waals surface area contributed by atoms with Gasteiger partial charge in [0.15, 0.2) is 16.6 Å². The van der Waals surface area contributed by atoms with E-state index in [1.165, 1.54) is 18.4 Å². The molecule has 0 spiro atoms. The van der Waals surface area contributed by atoms with Crippen molar-refractivity contribution in [2.24, 2.45) is 5.92 Å². The third-order valence-corrected chi connectivity index (χ3v) is 20.2. The Morgan fingerprint density at radius 3 is 2.26 bits per heavy atom. The molecule has 1 saturated heterocycles. The molecule has 0 radical (unpaired) electrons. The predicted octanol–water partition coefficient (Wildman–Crippen LogP) is 10.0. The number of epoxide rings is 1. The Hall–Kier alpha value is 0.414. The van der Waals surface area contributed by atoms with Crippen molar-refractivity contribution in [2.45, 2.75) is 142 Å². The summed E-state index contributed by atoms with van der Waals surface area (Å²) in [6.45, 7) is 30.8. The summed E-state index contributed by atoms with van der Waals surface area (Å²) in [6, 6.07) is 0. The van der Waals surface area contributed by atoms with E-state index in [0.717, 1.165) is 34.6 Å². The zero-order valence-electron chi connectivity index (χ0n) is 26.6. The number of hydrogen-bond acceptors (Lipinski definition) is 5. The molecule has 0 aromatic carbocycles. The minimum absolute atomic E-state index is 0.00684. The second-order valence-corrected chi connectivity index (χ2v) is 26.0. The first-order chi connectivity index (χ1) is 17.2. The Labute approximate surface area is 254 Å². The van der Waals surface area contributed by atoms with Crippen LogP contribution in [0, 0.1) is 12.8 Å². The van der Waals surface area contributed by atoms with Crippen molar-refractivity contribution in [3.05, 3.63) is 21.7 Å². The number of aromatic nitrogens is 1. The first kappa shape index (κ1) is 34.6. The minimum atomic E-state index is -1.94. The summed E-state index contributed by atoms with van der Waals surface area (Å²) in [4.78, 5) is 4.68. The Morgan fingerprint density at radius 1 is 1.16 bits per heavy atom. The third kappa shape index (κ3) is 9.48. The van der Waals surface area contributed by atoms with Gasteiger partial charge in [0, 0.05) is 22.8 Å². The summed E-state index contributed by atoms with van der Waals surface area (Å²) in [5.41, 5.74) is 2.29. The van der Waals surface area contributed by atoms with Crippen LogP contribution in [-0.4, -0.2) is 50.5 Å². The van der Waals surface area contributed by atoms with Gasteiger partial charge in [-0.2, -0.15) is 0 Å². The van der Waals surface area contributed by atoms with Gasteiger partial charge in [0.1, 0.15) is 5.60 Å². The summed E-state index contributed by atoms with van der Waals surface area (Å²) in [6.07, 6.45) is 6.95. The number of ether oxygens (including phenoxy) is 1. The molecule has 1 aliphatic heterocycles. The van der Waals surface area contributed by atoms with Crippen LogP contribution in [0.25, 0.3) is 6.08 Å². The lowest BCUT2D eigenvalue weighted by molar-refractivity contribution is 0.189. The fourth-order valence-electron chi connectivity index (χ4n) is 4.14. The van der Waals surface area contributed by atoms with Gasteiger partial charge < -0.3 is 13.6 Å². The third-order valence-electron chi connectivity index (χ3n) is 9.16. The fraction of sp³-hybridized carbons (Fsp3) is 0.833. The number of hydrogen-bond donors (Lipinski definition) is 0. The van der Waals surface area contributed by atoms with Crippen LogP contribution >= 0.6 is 33.9 Å². The Bertz CT molecular complexity index is 935. The number of halogens is 1. The van der Waals surface area contributed by atoms with E-state index in [1.54, 1.807) is 11.3 Å². The molecule has 2 heterocycles. The molecule has 0 amide bonds. The monoisotopic (exact) mass is 693 g/mol. The zero-order chi connectivity index (χ0) is 29.2. The summed E-state index contributed by atoms with van der Waals surface area (Å²) < 4.78 is 21.0. The van der Waals surface area contributed by atoms with Gasteiger partial charge >= 0.3 is 0 Å². The molecule has 1 aromatic rings. The van der Waals surface area contributed by atoms with Crippen molar-refractivity contribution < 1.29 is 13.6 Å². The first-order valence-corrected chi connectivity index (χ1v) is 22.6. The lowest BCUT2D eigenvalue weighted by Crippen LogP contribution is -2.44. The molecule has 0 N–H and O–H groups in total. The molecular weight excluding hydrogens is 637 g/mol. The molecule has 4 nitrogen and oxygen atoms in total. The average Bonchev–Trinajstić information content (AvgIpc) is 3.30. The van der Waals surface area contributed by atoms with Crippen molar-refractivity contribution >= 4 is 56.6 Å². The van der Waals surface area contributed by atoms with Gasteiger partial charge in [0.25, 0.3) is 0 Å². The SMILES string of the molecule is C/C(=C\c1csc(C)n1)[C@H](C[C@@H]1O[C@]1(CI)CCC[C@H](C)CO[Si](C)(C)C(C)(C)C)O[Si](C)(C)C(C)(C)C. The zero-order valence-corrected chi connectivity index (χ0v) is 31.6. The van der Waals surface area contributed by atoms with Crippen molar-refractivity contribution in [3.63, 3.8) is 0 Å². The van der Waals surface area contributed by atoms with E-state index in [-0.39, 0.29) is 27.9 Å². The molecule has 0 unspecified atom stereocenters. The molecule has 0 bridgehead atoms. The van der Waals surface area contributed by atoms with Crippen LogP contribution in [0.15, 0.2) is 11.0 Å². The highest BCUT2D eigenvalue weighted by Crippen LogP contribution is 2.48. The normalized spacial score (nSPS) is 23.0. The Kier molecular flexibility index (Phi) is 12.0. The highest BCUT2D eigenvalue weighted by Gasteiger charge is 2.56. The summed E-state index contributed by atoms with van der Waals surface area (Å²) in [5, 5.41) is 3.67. The molecule has 0 saturated carbocycles. The molecule has 0 aliphatic carbocycles. The second kappa shape index (κ2) is 13.2. The van der Waals surface area contributed by atoms with Crippen LogP contribution in [0.4, 0.5) is 0 Å². The lowest BCUT2D eigenvalue weighted by Gasteiger charge is -2.39. The number of thiazole rings is 1. The van der Waals surface area contributed by atoms with Crippen LogP contribution in [0.3, 0.4) is 0 Å². The molecule has 2 rings (SSSR count). The van der Waals surface area contributed by atoms with Crippen LogP contribution in [0.2, 0.25) is 36.3 Å². The number of rotatable bonds is 14. The largest absolute Gasteiger partial charge is 0.417 e. The summed E-state index contributed by atoms with van der Waals surface area (Å²) in [5.74, 6) is 0.578. The maximum Gasteiger partial charge on any atom is 0.192 e. The van der Waals surface area contributed by atoms with Gasteiger partial charge in [0.05, 0.1) is 22.9 Å². The second-order valence-electron chi connectivity index (χ2n) is 14.7. The molecule has 1 aliphatic rings. The molecule has 220 valence electrons. The van der Waals surface area contributed by atoms with Crippen molar-refractivity contribution in [1.82, 2.24) is 4.98 Å². The maximum atomic E-state index is 7.02. The summed E-state index contributed by atoms with van der Waals surface area (Å²) >= 11 is 4.23. The maximum absolute atomic E-state index is 7.02. The van der Waals surface area contributed by atoms with Gasteiger partial charge in [-0.1, -0.05) is 77.5 Å². The van der Waals surface area contributed by atoms with E-state index in [0.29, 0.717) is 5.92 Å². The Morgan fingerprint density at radius 2 is 1.76 bits per heavy atom. The number of nitrogens with zero attached hydrogens (tertiary/aromatic N) is 1. The standard InChI is InChI=1S/C30H56INO3SSi2/c1-22(19-33-37(10,11)28(4,5)6)15-14-16-30(21-31)27(34-30)18-26(35-38(12,13)29(7,8)9)23(2)17-25-20-36-24(3)32-25/h17,20,22,26-27H,14-16,18-19,21H2,1-13H3/b23-17+/t22-,26-,27-,30-/m0/s1. The van der Waals surface area contributed by atoms with Gasteiger partial charge in [-0.25, -0.2) is 4.98 Å². The molecular formula is C30H56INO3SSi2. The average molecular weight is 694 g/mol. The van der Waals surface area contributed by atoms with E-state index in [1.807, 2.05) is 0 Å². The van der Waals surface area contributed by atoms with E-state index in [9.17, 15) is 0 Å². The highest BCUT2D eigenvalue weighted by molar-refractivity contribution is 14.1. The van der Waals surface area contributed by atoms with Crippen LogP contribution < -0.4 is 0 Å². The molecule has 1 fully saturated rings. The van der Waals surface area contributed by atoms with Crippen LogP contribution in [0.1, 0.15) is 91.8 Å². The van der Waals surface area contributed by atoms with Crippen molar-refractivity contribution in [1.29, 1.82) is 0 Å². The lowest BCUT2D eigenvalue weighted by atomic mass is 9.93. The van der Waals surface area contributed by atoms with Gasteiger partial charge in [0.2, 0.25) is 0 Å². The fourth-order valence-corrected chi connectivity index (χ4v) is 8.25. The van der Waals surface area contributed by atoms with Crippen LogP contribution in [0.5, 0.6) is 0 Å². The van der Waals surface area contributed by atoms with E-state index in [4.69, 9.17) is 13.6 Å². The number of aryl methyl sites for hydroxylation is 1. The van der Waals surface area contributed by atoms with E-state index in [2.05, 4.69) is 128 Å². The van der Waals surface area contributed by atoms with Crippen LogP contribution in [-0.2, 0) is 13.6 Å². The molecule has 8 heteroatoms. The van der Waals surface area contributed by atoms with Crippen molar-refractivity contribution in [3.8, 4) is 0 Å². The smallest absolute Gasteiger partial charge is 0.192 e.